The van der Waals surface area contributed by atoms with Gasteiger partial charge in [0.2, 0.25) is 0 Å². The molecule has 2 aromatic heterocycles. The van der Waals surface area contributed by atoms with Gasteiger partial charge in [-0.3, -0.25) is 4.79 Å². The maximum absolute atomic E-state index is 12.2. The lowest BCUT2D eigenvalue weighted by Crippen LogP contribution is -2.14. The van der Waals surface area contributed by atoms with Gasteiger partial charge in [-0.15, -0.1) is 0 Å². The number of aromatic nitrogens is 2. The molecule has 0 fully saturated rings. The first-order valence-corrected chi connectivity index (χ1v) is 7.02. The molecule has 0 spiro atoms. The summed E-state index contributed by atoms with van der Waals surface area (Å²) in [4.78, 5) is 16.2. The summed E-state index contributed by atoms with van der Waals surface area (Å²) in [5, 5.41) is 7.07. The van der Waals surface area contributed by atoms with Gasteiger partial charge in [0.05, 0.1) is 11.9 Å². The molecule has 1 aliphatic carbocycles. The van der Waals surface area contributed by atoms with Gasteiger partial charge in [0.25, 0.3) is 5.91 Å². The van der Waals surface area contributed by atoms with Gasteiger partial charge in [-0.25, -0.2) is 4.98 Å². The molecule has 0 bridgehead atoms. The van der Waals surface area contributed by atoms with Crippen LogP contribution in [-0.4, -0.2) is 16.0 Å². The van der Waals surface area contributed by atoms with Crippen molar-refractivity contribution in [3.63, 3.8) is 0 Å². The lowest BCUT2D eigenvalue weighted by atomic mass is 10.1. The van der Waals surface area contributed by atoms with Crippen LogP contribution < -0.4 is 5.32 Å². The van der Waals surface area contributed by atoms with E-state index in [1.807, 2.05) is 0 Å². The number of carbonyl (C=O) groups excluding carboxylic acids is 1. The summed E-state index contributed by atoms with van der Waals surface area (Å²) < 4.78 is 5.30. The van der Waals surface area contributed by atoms with E-state index in [1.165, 1.54) is 6.20 Å². The Bertz CT molecular complexity index is 622. The molecule has 1 amide bonds. The molecule has 2 aromatic rings. The van der Waals surface area contributed by atoms with Crippen LogP contribution in [0.15, 0.2) is 22.9 Å². The van der Waals surface area contributed by atoms with Crippen LogP contribution in [0.2, 0.25) is 5.15 Å². The fourth-order valence-electron chi connectivity index (χ4n) is 2.38. The molecule has 1 N–H and O–H groups in total. The average Bonchev–Trinajstić information content (AvgIpc) is 2.71. The first kappa shape index (κ1) is 13.1. The highest BCUT2D eigenvalue weighted by molar-refractivity contribution is 6.29. The van der Waals surface area contributed by atoms with E-state index in [9.17, 15) is 4.79 Å². The Hall–Kier alpha value is -1.88. The first-order valence-electron chi connectivity index (χ1n) is 6.64. The number of halogens is 1. The quantitative estimate of drug-likeness (QED) is 0.681. The monoisotopic (exact) mass is 291 g/mol. The average molecular weight is 292 g/mol. The van der Waals surface area contributed by atoms with Crippen LogP contribution in [-0.2, 0) is 12.8 Å². The standard InChI is InChI=1S/C14H14ClN3O2/c15-12-7-6-9(8-16-12)17-14(19)13-10-4-2-1-3-5-11(10)20-18-13/h6-8H,1-5H2,(H,17,19). The Balaban J connectivity index is 1.80. The van der Waals surface area contributed by atoms with E-state index in [0.717, 1.165) is 43.4 Å². The molecule has 3 rings (SSSR count). The SMILES string of the molecule is O=C(Nc1ccc(Cl)nc1)c1noc2c1CCCCC2. The highest BCUT2D eigenvalue weighted by Gasteiger charge is 2.23. The molecule has 0 saturated heterocycles. The van der Waals surface area contributed by atoms with Crippen molar-refractivity contribution >= 4 is 23.2 Å². The fraction of sp³-hybridized carbons (Fsp3) is 0.357. The Labute approximate surface area is 121 Å². The third-order valence-electron chi connectivity index (χ3n) is 3.40. The van der Waals surface area contributed by atoms with Gasteiger partial charge in [-0.05, 0) is 31.4 Å². The van der Waals surface area contributed by atoms with Gasteiger partial charge in [0, 0.05) is 12.0 Å². The molecule has 6 heteroatoms. The van der Waals surface area contributed by atoms with Crippen molar-refractivity contribution in [2.24, 2.45) is 0 Å². The third kappa shape index (κ3) is 2.67. The minimum Gasteiger partial charge on any atom is -0.360 e. The van der Waals surface area contributed by atoms with Crippen LogP contribution in [0.25, 0.3) is 0 Å². The number of nitrogens with one attached hydrogen (secondary N) is 1. The molecular weight excluding hydrogens is 278 g/mol. The predicted molar refractivity (Wildman–Crippen MR) is 75.0 cm³/mol. The smallest absolute Gasteiger partial charge is 0.278 e. The summed E-state index contributed by atoms with van der Waals surface area (Å²) in [5.41, 5.74) is 1.92. The molecule has 0 aliphatic heterocycles. The number of anilines is 1. The van der Waals surface area contributed by atoms with E-state index in [0.29, 0.717) is 16.5 Å². The molecule has 5 nitrogen and oxygen atoms in total. The number of hydrogen-bond acceptors (Lipinski definition) is 4. The number of hydrogen-bond donors (Lipinski definition) is 1. The number of carbonyl (C=O) groups is 1. The maximum atomic E-state index is 12.2. The van der Waals surface area contributed by atoms with Crippen molar-refractivity contribution < 1.29 is 9.32 Å². The van der Waals surface area contributed by atoms with Crippen LogP contribution in [0.4, 0.5) is 5.69 Å². The molecule has 0 aromatic carbocycles. The zero-order chi connectivity index (χ0) is 13.9. The molecule has 20 heavy (non-hydrogen) atoms. The van der Waals surface area contributed by atoms with E-state index in [-0.39, 0.29) is 5.91 Å². The zero-order valence-corrected chi connectivity index (χ0v) is 11.6. The zero-order valence-electron chi connectivity index (χ0n) is 10.9. The lowest BCUT2D eigenvalue weighted by molar-refractivity contribution is 0.101. The van der Waals surface area contributed by atoms with Gasteiger partial charge >= 0.3 is 0 Å². The number of aryl methyl sites for hydroxylation is 1. The normalized spacial score (nSPS) is 14.4. The Morgan fingerprint density at radius 1 is 1.25 bits per heavy atom. The highest BCUT2D eigenvalue weighted by Crippen LogP contribution is 2.24. The number of rotatable bonds is 2. The minimum absolute atomic E-state index is 0.263. The van der Waals surface area contributed by atoms with Crippen LogP contribution in [0.5, 0.6) is 0 Å². The number of pyridine rings is 1. The van der Waals surface area contributed by atoms with E-state index >= 15 is 0 Å². The van der Waals surface area contributed by atoms with Crippen molar-refractivity contribution in [3.8, 4) is 0 Å². The van der Waals surface area contributed by atoms with Crippen molar-refractivity contribution in [2.45, 2.75) is 32.1 Å². The van der Waals surface area contributed by atoms with Crippen LogP contribution in [0.3, 0.4) is 0 Å². The van der Waals surface area contributed by atoms with Crippen LogP contribution in [0, 0.1) is 0 Å². The van der Waals surface area contributed by atoms with Gasteiger partial charge < -0.3 is 9.84 Å². The summed E-state index contributed by atoms with van der Waals surface area (Å²) in [6.45, 7) is 0. The third-order valence-corrected chi connectivity index (χ3v) is 3.62. The molecule has 0 atom stereocenters. The first-order chi connectivity index (χ1) is 9.74. The second kappa shape index (κ2) is 5.63. The number of fused-ring (bicyclic) bond motifs is 1. The topological polar surface area (TPSA) is 68.0 Å². The molecule has 2 heterocycles. The summed E-state index contributed by atoms with van der Waals surface area (Å²) in [6.07, 6.45) is 6.53. The maximum Gasteiger partial charge on any atom is 0.278 e. The molecular formula is C14H14ClN3O2. The van der Waals surface area contributed by atoms with Crippen molar-refractivity contribution in [3.05, 3.63) is 40.5 Å². The van der Waals surface area contributed by atoms with Gasteiger partial charge in [0.1, 0.15) is 10.9 Å². The van der Waals surface area contributed by atoms with E-state index in [2.05, 4.69) is 15.5 Å². The number of amides is 1. The fourth-order valence-corrected chi connectivity index (χ4v) is 2.49. The van der Waals surface area contributed by atoms with Crippen molar-refractivity contribution in [2.75, 3.05) is 5.32 Å². The predicted octanol–water partition coefficient (Wildman–Crippen LogP) is 3.24. The van der Waals surface area contributed by atoms with Crippen molar-refractivity contribution in [1.82, 2.24) is 10.1 Å². The summed E-state index contributed by atoms with van der Waals surface area (Å²) >= 11 is 5.71. The van der Waals surface area contributed by atoms with Crippen molar-refractivity contribution in [1.29, 1.82) is 0 Å². The second-order valence-corrected chi connectivity index (χ2v) is 5.20. The van der Waals surface area contributed by atoms with E-state index in [4.69, 9.17) is 16.1 Å². The van der Waals surface area contributed by atoms with Gasteiger partial charge in [-0.1, -0.05) is 23.2 Å². The molecule has 0 saturated carbocycles. The largest absolute Gasteiger partial charge is 0.360 e. The second-order valence-electron chi connectivity index (χ2n) is 4.82. The van der Waals surface area contributed by atoms with Crippen LogP contribution >= 0.6 is 11.6 Å². The van der Waals surface area contributed by atoms with Gasteiger partial charge in [0.15, 0.2) is 5.69 Å². The summed E-state index contributed by atoms with van der Waals surface area (Å²) in [7, 11) is 0. The minimum atomic E-state index is -0.263. The lowest BCUT2D eigenvalue weighted by Gasteiger charge is -2.04. The molecule has 1 aliphatic rings. The Kier molecular flexibility index (Phi) is 3.69. The van der Waals surface area contributed by atoms with E-state index < -0.39 is 0 Å². The Morgan fingerprint density at radius 3 is 2.90 bits per heavy atom. The van der Waals surface area contributed by atoms with Crippen LogP contribution in [0.1, 0.15) is 41.1 Å². The number of nitrogens with zero attached hydrogens (tertiary/aromatic N) is 2. The summed E-state index contributed by atoms with van der Waals surface area (Å²) in [6, 6.07) is 3.33. The molecule has 104 valence electrons. The molecule has 0 unspecified atom stereocenters. The molecule has 0 radical (unpaired) electrons. The summed E-state index contributed by atoms with van der Waals surface area (Å²) in [5.74, 6) is 0.586. The highest BCUT2D eigenvalue weighted by atomic mass is 35.5. The Morgan fingerprint density at radius 2 is 2.10 bits per heavy atom. The van der Waals surface area contributed by atoms with E-state index in [1.54, 1.807) is 12.1 Å². The van der Waals surface area contributed by atoms with Gasteiger partial charge in [-0.2, -0.15) is 0 Å².